The van der Waals surface area contributed by atoms with Crippen molar-refractivity contribution in [2.75, 3.05) is 0 Å². The maximum atomic E-state index is 10.6. The standard InChI is InChI=1S/C5H2Cl2O2/c6-3-2-9-5(7)1-4(3)8/h1-2H. The van der Waals surface area contributed by atoms with Crippen LogP contribution in [-0.4, -0.2) is 0 Å². The van der Waals surface area contributed by atoms with Gasteiger partial charge >= 0.3 is 0 Å². The first-order chi connectivity index (χ1) is 4.20. The molecule has 0 saturated heterocycles. The van der Waals surface area contributed by atoms with Crippen molar-refractivity contribution in [1.82, 2.24) is 0 Å². The largest absolute Gasteiger partial charge is 0.451 e. The number of hydrogen-bond acceptors (Lipinski definition) is 2. The van der Waals surface area contributed by atoms with E-state index in [0.717, 1.165) is 12.3 Å². The van der Waals surface area contributed by atoms with E-state index in [2.05, 4.69) is 4.42 Å². The first kappa shape index (κ1) is 6.65. The van der Waals surface area contributed by atoms with Gasteiger partial charge in [-0.05, 0) is 11.6 Å². The fraction of sp³-hybridized carbons (Fsp3) is 0. The number of rotatable bonds is 0. The molecule has 0 aromatic carbocycles. The van der Waals surface area contributed by atoms with Crippen LogP contribution >= 0.6 is 23.2 Å². The predicted octanol–water partition coefficient (Wildman–Crippen LogP) is 1.95. The van der Waals surface area contributed by atoms with Gasteiger partial charge in [0.25, 0.3) is 0 Å². The van der Waals surface area contributed by atoms with E-state index in [0.29, 0.717) is 0 Å². The molecule has 0 spiro atoms. The van der Waals surface area contributed by atoms with Crippen LogP contribution in [0.25, 0.3) is 0 Å². The van der Waals surface area contributed by atoms with Crippen LogP contribution in [0.3, 0.4) is 0 Å². The lowest BCUT2D eigenvalue weighted by atomic mass is 10.5. The summed E-state index contributed by atoms with van der Waals surface area (Å²) in [5.41, 5.74) is -0.326. The Kier molecular flexibility index (Phi) is 1.78. The summed E-state index contributed by atoms with van der Waals surface area (Å²) in [5.74, 6) is 0. The summed E-state index contributed by atoms with van der Waals surface area (Å²) in [4.78, 5) is 10.6. The zero-order chi connectivity index (χ0) is 6.85. The van der Waals surface area contributed by atoms with Crippen molar-refractivity contribution >= 4 is 23.2 Å². The second-order valence-electron chi connectivity index (χ2n) is 1.40. The van der Waals surface area contributed by atoms with Crippen LogP contribution in [0.1, 0.15) is 0 Å². The van der Waals surface area contributed by atoms with Crippen molar-refractivity contribution < 1.29 is 4.42 Å². The SMILES string of the molecule is O=c1cc(Cl)occ1Cl. The second-order valence-corrected chi connectivity index (χ2v) is 2.18. The summed E-state index contributed by atoms with van der Waals surface area (Å²) < 4.78 is 4.57. The number of halogens is 2. The van der Waals surface area contributed by atoms with E-state index in [1.54, 1.807) is 0 Å². The topological polar surface area (TPSA) is 30.2 Å². The summed E-state index contributed by atoms with van der Waals surface area (Å²) in [7, 11) is 0. The zero-order valence-corrected chi connectivity index (χ0v) is 5.74. The Morgan fingerprint density at radius 2 is 2.11 bits per heavy atom. The average Bonchev–Trinajstić information content (AvgIpc) is 1.80. The van der Waals surface area contributed by atoms with Gasteiger partial charge < -0.3 is 4.42 Å². The molecule has 4 heteroatoms. The minimum atomic E-state index is -0.326. The highest BCUT2D eigenvalue weighted by Gasteiger charge is 1.95. The molecule has 0 aliphatic heterocycles. The number of hydrogen-bond donors (Lipinski definition) is 0. The van der Waals surface area contributed by atoms with Gasteiger partial charge in [-0.15, -0.1) is 0 Å². The lowest BCUT2D eigenvalue weighted by Gasteiger charge is -1.86. The van der Waals surface area contributed by atoms with Crippen LogP contribution in [0.2, 0.25) is 10.2 Å². The highest BCUT2D eigenvalue weighted by molar-refractivity contribution is 6.31. The molecular formula is C5H2Cl2O2. The van der Waals surface area contributed by atoms with E-state index in [9.17, 15) is 4.79 Å². The maximum absolute atomic E-state index is 10.6. The highest BCUT2D eigenvalue weighted by Crippen LogP contribution is 2.07. The van der Waals surface area contributed by atoms with Crippen molar-refractivity contribution in [1.29, 1.82) is 0 Å². The first-order valence-corrected chi connectivity index (χ1v) is 2.89. The van der Waals surface area contributed by atoms with Gasteiger partial charge in [-0.2, -0.15) is 0 Å². The van der Waals surface area contributed by atoms with Gasteiger partial charge in [0.2, 0.25) is 5.43 Å². The molecule has 0 bridgehead atoms. The Bertz CT molecular complexity index is 266. The van der Waals surface area contributed by atoms with Crippen molar-refractivity contribution in [3.8, 4) is 0 Å². The summed E-state index contributed by atoms with van der Waals surface area (Å²) in [6.45, 7) is 0. The lowest BCUT2D eigenvalue weighted by Crippen LogP contribution is -1.96. The van der Waals surface area contributed by atoms with E-state index < -0.39 is 0 Å². The van der Waals surface area contributed by atoms with Crippen molar-refractivity contribution in [2.24, 2.45) is 0 Å². The van der Waals surface area contributed by atoms with Gasteiger partial charge in [0.15, 0.2) is 5.22 Å². The first-order valence-electron chi connectivity index (χ1n) is 2.14. The molecule has 0 N–H and O–H groups in total. The lowest BCUT2D eigenvalue weighted by molar-refractivity contribution is 0.551. The summed E-state index contributed by atoms with van der Waals surface area (Å²) >= 11 is 10.6. The Hall–Kier alpha value is -0.470. The van der Waals surface area contributed by atoms with Gasteiger partial charge in [-0.1, -0.05) is 11.6 Å². The van der Waals surface area contributed by atoms with Crippen molar-refractivity contribution in [2.45, 2.75) is 0 Å². The predicted molar refractivity (Wildman–Crippen MR) is 35.0 cm³/mol. The molecule has 0 unspecified atom stereocenters. The molecule has 0 saturated carbocycles. The van der Waals surface area contributed by atoms with Crippen LogP contribution in [0.4, 0.5) is 0 Å². The molecule has 0 fully saturated rings. The normalized spacial score (nSPS) is 9.56. The summed E-state index contributed by atoms with van der Waals surface area (Å²) in [6.07, 6.45) is 1.10. The molecule has 48 valence electrons. The molecule has 9 heavy (non-hydrogen) atoms. The fourth-order valence-corrected chi connectivity index (χ4v) is 0.615. The molecule has 0 atom stereocenters. The molecule has 1 aromatic heterocycles. The maximum Gasteiger partial charge on any atom is 0.204 e. The fourth-order valence-electron chi connectivity index (χ4n) is 0.372. The van der Waals surface area contributed by atoms with E-state index >= 15 is 0 Å². The zero-order valence-electron chi connectivity index (χ0n) is 4.23. The van der Waals surface area contributed by atoms with Crippen LogP contribution < -0.4 is 5.43 Å². The molecule has 0 amide bonds. The smallest absolute Gasteiger partial charge is 0.204 e. The van der Waals surface area contributed by atoms with Crippen LogP contribution in [0.15, 0.2) is 21.5 Å². The van der Waals surface area contributed by atoms with E-state index in [1.807, 2.05) is 0 Å². The molecular weight excluding hydrogens is 163 g/mol. The van der Waals surface area contributed by atoms with Gasteiger partial charge in [0.1, 0.15) is 11.3 Å². The molecule has 0 radical (unpaired) electrons. The van der Waals surface area contributed by atoms with Crippen LogP contribution in [-0.2, 0) is 0 Å². The minimum absolute atomic E-state index is 0.0411. The van der Waals surface area contributed by atoms with Gasteiger partial charge in [-0.25, -0.2) is 0 Å². The van der Waals surface area contributed by atoms with Gasteiger partial charge in [0, 0.05) is 6.07 Å². The Morgan fingerprint density at radius 1 is 1.44 bits per heavy atom. The molecule has 2 nitrogen and oxygen atoms in total. The minimum Gasteiger partial charge on any atom is -0.451 e. The van der Waals surface area contributed by atoms with Crippen LogP contribution in [0.5, 0.6) is 0 Å². The van der Waals surface area contributed by atoms with E-state index in [4.69, 9.17) is 23.2 Å². The summed E-state index contributed by atoms with van der Waals surface area (Å²) in [6, 6.07) is 1.11. The van der Waals surface area contributed by atoms with Crippen molar-refractivity contribution in [3.05, 3.63) is 32.8 Å². The second kappa shape index (κ2) is 2.42. The molecule has 1 aromatic rings. The van der Waals surface area contributed by atoms with Gasteiger partial charge in [0.05, 0.1) is 0 Å². The van der Waals surface area contributed by atoms with E-state index in [1.165, 1.54) is 0 Å². The third kappa shape index (κ3) is 1.47. The molecule has 1 heterocycles. The van der Waals surface area contributed by atoms with Crippen molar-refractivity contribution in [3.63, 3.8) is 0 Å². The summed E-state index contributed by atoms with van der Waals surface area (Å²) in [5, 5.41) is 0.0869. The van der Waals surface area contributed by atoms with Crippen LogP contribution in [0, 0.1) is 0 Å². The molecule has 0 aliphatic rings. The quantitative estimate of drug-likeness (QED) is 0.587. The Balaban J connectivity index is 3.34. The monoisotopic (exact) mass is 164 g/mol. The third-order valence-corrected chi connectivity index (χ3v) is 1.23. The Labute approximate surface area is 61.0 Å². The third-order valence-electron chi connectivity index (χ3n) is 0.755. The molecule has 0 aliphatic carbocycles. The highest BCUT2D eigenvalue weighted by atomic mass is 35.5. The average molecular weight is 165 g/mol. The van der Waals surface area contributed by atoms with Gasteiger partial charge in [-0.3, -0.25) is 4.79 Å². The molecule has 1 rings (SSSR count). The van der Waals surface area contributed by atoms with E-state index in [-0.39, 0.29) is 15.7 Å². The Morgan fingerprint density at radius 3 is 2.56 bits per heavy atom.